The summed E-state index contributed by atoms with van der Waals surface area (Å²) >= 11 is 0. The van der Waals surface area contributed by atoms with E-state index in [1.807, 2.05) is 32.0 Å². The number of likely N-dealkylation sites (N-methyl/N-ethyl adjacent to an activating group) is 1. The fraction of sp³-hybridized carbons (Fsp3) is 0.514. The molecule has 0 aromatic heterocycles. The molecule has 0 unspecified atom stereocenters. The van der Waals surface area contributed by atoms with E-state index in [4.69, 9.17) is 4.74 Å². The Labute approximate surface area is 248 Å². The summed E-state index contributed by atoms with van der Waals surface area (Å²) < 4.78 is 6.13. The minimum Gasteiger partial charge on any atom is -0.457 e. The third kappa shape index (κ3) is 8.95. The molecular formula is C35H50N4O2. The Morgan fingerprint density at radius 3 is 2.20 bits per heavy atom. The Balaban J connectivity index is 0.00000189. The molecule has 2 saturated heterocycles. The Bertz CT molecular complexity index is 1160. The summed E-state index contributed by atoms with van der Waals surface area (Å²) in [6, 6.07) is 16.8. The maximum absolute atomic E-state index is 13.3. The van der Waals surface area contributed by atoms with E-state index in [9.17, 15) is 4.79 Å². The van der Waals surface area contributed by atoms with Gasteiger partial charge in [0.15, 0.2) is 0 Å². The summed E-state index contributed by atoms with van der Waals surface area (Å²) in [4.78, 5) is 22.5. The molecule has 5 rings (SSSR count). The van der Waals surface area contributed by atoms with E-state index < -0.39 is 0 Å². The second-order valence-electron chi connectivity index (χ2n) is 11.7. The summed E-state index contributed by atoms with van der Waals surface area (Å²) in [6.45, 7) is 16.8. The lowest BCUT2D eigenvalue weighted by atomic mass is 9.94. The first-order chi connectivity index (χ1) is 19.9. The monoisotopic (exact) mass is 558 g/mol. The second kappa shape index (κ2) is 15.2. The number of benzene rings is 2. The lowest BCUT2D eigenvalue weighted by Gasteiger charge is -2.38. The van der Waals surface area contributed by atoms with Gasteiger partial charge in [-0.2, -0.15) is 0 Å². The minimum absolute atomic E-state index is 0.179. The van der Waals surface area contributed by atoms with Gasteiger partial charge in [-0.3, -0.25) is 14.6 Å². The van der Waals surface area contributed by atoms with E-state index in [1.54, 1.807) is 0 Å². The van der Waals surface area contributed by atoms with E-state index in [0.29, 0.717) is 11.8 Å². The van der Waals surface area contributed by atoms with Crippen molar-refractivity contribution in [3.63, 3.8) is 0 Å². The molecule has 0 saturated carbocycles. The summed E-state index contributed by atoms with van der Waals surface area (Å²) in [6.07, 6.45) is 8.63. The first-order valence-corrected chi connectivity index (χ1v) is 15.6. The molecular weight excluding hydrogens is 508 g/mol. The number of hydrogen-bond acceptors (Lipinski definition) is 5. The first kappa shape index (κ1) is 30.9. The third-order valence-electron chi connectivity index (χ3n) is 8.30. The van der Waals surface area contributed by atoms with Gasteiger partial charge in [0.1, 0.15) is 11.5 Å². The van der Waals surface area contributed by atoms with E-state index in [0.717, 1.165) is 83.2 Å². The fourth-order valence-corrected chi connectivity index (χ4v) is 5.73. The van der Waals surface area contributed by atoms with Crippen LogP contribution < -0.4 is 4.74 Å². The maximum Gasteiger partial charge on any atom is 0.225 e. The zero-order valence-corrected chi connectivity index (χ0v) is 25.9. The van der Waals surface area contributed by atoms with Crippen LogP contribution >= 0.6 is 0 Å². The third-order valence-corrected chi connectivity index (χ3v) is 8.30. The smallest absolute Gasteiger partial charge is 0.225 e. The van der Waals surface area contributed by atoms with Gasteiger partial charge < -0.3 is 14.5 Å². The quantitative estimate of drug-likeness (QED) is 0.377. The van der Waals surface area contributed by atoms with Crippen LogP contribution in [0.25, 0.3) is 0 Å². The Kier molecular flexibility index (Phi) is 11.5. The van der Waals surface area contributed by atoms with Crippen molar-refractivity contribution in [3.05, 3.63) is 83.6 Å². The highest BCUT2D eigenvalue weighted by atomic mass is 16.5. The van der Waals surface area contributed by atoms with Crippen molar-refractivity contribution in [1.82, 2.24) is 19.6 Å². The number of nitrogens with zero attached hydrogens (tertiary/aromatic N) is 4. The van der Waals surface area contributed by atoms with Crippen LogP contribution in [0, 0.1) is 5.92 Å². The van der Waals surface area contributed by atoms with Gasteiger partial charge in [-0.25, -0.2) is 0 Å². The lowest BCUT2D eigenvalue weighted by Crippen LogP contribution is -2.51. The lowest BCUT2D eigenvalue weighted by molar-refractivity contribution is -0.138. The number of carbonyl (C=O) groups is 1. The van der Waals surface area contributed by atoms with Crippen molar-refractivity contribution in [3.8, 4) is 11.5 Å². The molecule has 1 amide bonds. The second-order valence-corrected chi connectivity index (χ2v) is 11.7. The summed E-state index contributed by atoms with van der Waals surface area (Å²) in [5.74, 6) is 2.80. The van der Waals surface area contributed by atoms with Gasteiger partial charge in [-0.05, 0) is 85.1 Å². The van der Waals surface area contributed by atoms with E-state index in [2.05, 4.69) is 89.2 Å². The predicted octanol–water partition coefficient (Wildman–Crippen LogP) is 6.37. The molecule has 0 atom stereocenters. The van der Waals surface area contributed by atoms with Crippen LogP contribution in [-0.4, -0.2) is 84.9 Å². The average molecular weight is 559 g/mol. The molecule has 0 N–H and O–H groups in total. The van der Waals surface area contributed by atoms with Crippen LogP contribution in [0.1, 0.15) is 57.6 Å². The molecule has 6 nitrogen and oxygen atoms in total. The summed E-state index contributed by atoms with van der Waals surface area (Å²) in [5.41, 5.74) is 3.96. The number of hydrogen-bond donors (Lipinski definition) is 0. The topological polar surface area (TPSA) is 39.3 Å². The van der Waals surface area contributed by atoms with Gasteiger partial charge in [0.2, 0.25) is 5.91 Å². The molecule has 222 valence electrons. The Morgan fingerprint density at radius 2 is 1.56 bits per heavy atom. The molecule has 6 heteroatoms. The summed E-state index contributed by atoms with van der Waals surface area (Å²) in [7, 11) is 2.10. The van der Waals surface area contributed by atoms with Crippen molar-refractivity contribution in [2.75, 3.05) is 59.4 Å². The largest absolute Gasteiger partial charge is 0.457 e. The number of rotatable bonds is 8. The molecule has 0 spiro atoms. The van der Waals surface area contributed by atoms with Gasteiger partial charge in [0.05, 0.1) is 0 Å². The predicted molar refractivity (Wildman–Crippen MR) is 169 cm³/mol. The minimum atomic E-state index is 0.179. The molecule has 0 bridgehead atoms. The molecule has 3 heterocycles. The molecule has 3 aliphatic rings. The normalized spacial score (nSPS) is 18.6. The number of carbonyl (C=O) groups excluding carboxylic acids is 1. The molecule has 2 fully saturated rings. The summed E-state index contributed by atoms with van der Waals surface area (Å²) in [5, 5.41) is 0. The van der Waals surface area contributed by atoms with Crippen LogP contribution in [0.4, 0.5) is 0 Å². The number of likely N-dealkylation sites (tertiary alicyclic amines) is 1. The van der Waals surface area contributed by atoms with Crippen molar-refractivity contribution in [1.29, 1.82) is 0 Å². The van der Waals surface area contributed by atoms with Crippen molar-refractivity contribution in [2.24, 2.45) is 5.92 Å². The SMILES string of the molecule is CC.CC(C)c1ccc(Oc2cccc(CN3CCN(C(=O)C4CCN(CC5=CCN(C)C=C5)CC4)CC3)c2)cc1. The Hall–Kier alpha value is -3.09. The van der Waals surface area contributed by atoms with Gasteiger partial charge >= 0.3 is 0 Å². The van der Waals surface area contributed by atoms with Crippen LogP contribution in [-0.2, 0) is 11.3 Å². The number of amides is 1. The highest BCUT2D eigenvalue weighted by molar-refractivity contribution is 5.79. The Morgan fingerprint density at radius 1 is 0.878 bits per heavy atom. The van der Waals surface area contributed by atoms with Gasteiger partial charge in [0, 0.05) is 58.8 Å². The van der Waals surface area contributed by atoms with Crippen molar-refractivity contribution < 1.29 is 9.53 Å². The molecule has 0 aliphatic carbocycles. The van der Waals surface area contributed by atoms with Gasteiger partial charge in [0.25, 0.3) is 0 Å². The maximum atomic E-state index is 13.3. The van der Waals surface area contributed by atoms with Crippen LogP contribution in [0.5, 0.6) is 11.5 Å². The number of ether oxygens (including phenoxy) is 1. The van der Waals surface area contributed by atoms with Crippen LogP contribution in [0.2, 0.25) is 0 Å². The molecule has 3 aliphatic heterocycles. The molecule has 2 aromatic carbocycles. The first-order valence-electron chi connectivity index (χ1n) is 15.6. The zero-order valence-electron chi connectivity index (χ0n) is 25.9. The highest BCUT2D eigenvalue weighted by Gasteiger charge is 2.30. The van der Waals surface area contributed by atoms with Gasteiger partial charge in [-0.1, -0.05) is 58.0 Å². The van der Waals surface area contributed by atoms with Crippen LogP contribution in [0.3, 0.4) is 0 Å². The molecule has 2 aromatic rings. The standard InChI is InChI=1S/C33H44N4O2.C2H6/c1-26(2)29-7-9-31(10-8-29)39-32-6-4-5-28(23-32)25-36-19-21-37(22-20-36)33(38)30-13-17-35(18-14-30)24-27-11-15-34(3)16-12-27;1-2/h4-12,15,23,26,30H,13-14,16-22,24-25H2,1-3H3;1-2H3. The molecule has 41 heavy (non-hydrogen) atoms. The van der Waals surface area contributed by atoms with E-state index in [1.165, 1.54) is 16.7 Å². The van der Waals surface area contributed by atoms with Crippen molar-refractivity contribution >= 4 is 5.91 Å². The number of piperidine rings is 1. The van der Waals surface area contributed by atoms with E-state index in [-0.39, 0.29) is 5.92 Å². The highest BCUT2D eigenvalue weighted by Crippen LogP contribution is 2.26. The van der Waals surface area contributed by atoms with Crippen LogP contribution in [0.15, 0.2) is 72.5 Å². The van der Waals surface area contributed by atoms with E-state index >= 15 is 0 Å². The average Bonchev–Trinajstić information content (AvgIpc) is 3.00. The molecule has 0 radical (unpaired) electrons. The van der Waals surface area contributed by atoms with Crippen molar-refractivity contribution in [2.45, 2.75) is 53.0 Å². The fourth-order valence-electron chi connectivity index (χ4n) is 5.73. The van der Waals surface area contributed by atoms with Gasteiger partial charge in [-0.15, -0.1) is 0 Å². The zero-order chi connectivity index (χ0) is 29.2. The number of piperazine rings is 1.